The summed E-state index contributed by atoms with van der Waals surface area (Å²) in [5.74, 6) is -0.303. The van der Waals surface area contributed by atoms with E-state index in [2.05, 4.69) is 10.1 Å². The van der Waals surface area contributed by atoms with Gasteiger partial charge < -0.3 is 4.84 Å². The van der Waals surface area contributed by atoms with Crippen molar-refractivity contribution in [3.05, 3.63) is 95.0 Å². The summed E-state index contributed by atoms with van der Waals surface area (Å²) in [6.07, 6.45) is 3.38. The van der Waals surface area contributed by atoms with E-state index < -0.39 is 0 Å². The Morgan fingerprint density at radius 3 is 2.74 bits per heavy atom. The lowest BCUT2D eigenvalue weighted by atomic mass is 10.1. The van der Waals surface area contributed by atoms with E-state index in [1.807, 2.05) is 40.8 Å². The molecule has 0 saturated heterocycles. The molecule has 0 unspecified atom stereocenters. The van der Waals surface area contributed by atoms with Gasteiger partial charge in [0.15, 0.2) is 0 Å². The van der Waals surface area contributed by atoms with Crippen LogP contribution in [0.5, 0.6) is 0 Å². The van der Waals surface area contributed by atoms with E-state index in [1.165, 1.54) is 12.1 Å². The van der Waals surface area contributed by atoms with Gasteiger partial charge in [-0.2, -0.15) is 0 Å². The molecule has 0 aliphatic carbocycles. The summed E-state index contributed by atoms with van der Waals surface area (Å²) in [4.78, 5) is 10.0. The summed E-state index contributed by atoms with van der Waals surface area (Å²) in [6, 6.07) is 19.7. The third-order valence-electron chi connectivity index (χ3n) is 4.04. The van der Waals surface area contributed by atoms with Crippen LogP contribution in [0.25, 0.3) is 16.9 Å². The topological polar surface area (TPSA) is 38.9 Å². The van der Waals surface area contributed by atoms with Crippen molar-refractivity contribution < 1.29 is 9.23 Å². The van der Waals surface area contributed by atoms with Crippen LogP contribution in [0.2, 0.25) is 5.02 Å². The van der Waals surface area contributed by atoms with Crippen molar-refractivity contribution in [1.29, 1.82) is 0 Å². The van der Waals surface area contributed by atoms with Gasteiger partial charge in [0, 0.05) is 11.8 Å². The Bertz CT molecular complexity index is 1110. The van der Waals surface area contributed by atoms with Crippen molar-refractivity contribution in [3.8, 4) is 11.3 Å². The number of aromatic nitrogens is 2. The van der Waals surface area contributed by atoms with Crippen molar-refractivity contribution in [2.45, 2.75) is 6.61 Å². The van der Waals surface area contributed by atoms with E-state index in [9.17, 15) is 4.39 Å². The lowest BCUT2D eigenvalue weighted by Crippen LogP contribution is -1.95. The van der Waals surface area contributed by atoms with E-state index >= 15 is 0 Å². The zero-order valence-electron chi connectivity index (χ0n) is 14.2. The lowest BCUT2D eigenvalue weighted by Gasteiger charge is -2.02. The summed E-state index contributed by atoms with van der Waals surface area (Å²) in [5.41, 5.74) is 3.94. The smallest absolute Gasteiger partial charge is 0.142 e. The SMILES string of the molecule is Fc1cccc(CO/N=C/c2c(-c3ccccc3)nc3ccc(Cl)cn23)c1. The monoisotopic (exact) mass is 379 g/mol. The number of nitrogens with zero attached hydrogens (tertiary/aromatic N) is 3. The van der Waals surface area contributed by atoms with Gasteiger partial charge in [-0.05, 0) is 29.8 Å². The number of hydrogen-bond donors (Lipinski definition) is 0. The van der Waals surface area contributed by atoms with Gasteiger partial charge in [0.1, 0.15) is 18.1 Å². The summed E-state index contributed by atoms with van der Waals surface area (Å²) in [7, 11) is 0. The molecule has 4 nitrogen and oxygen atoms in total. The molecule has 2 heterocycles. The third kappa shape index (κ3) is 3.83. The molecule has 0 amide bonds. The van der Waals surface area contributed by atoms with E-state index in [0.717, 1.165) is 22.6 Å². The summed E-state index contributed by atoms with van der Waals surface area (Å²) in [5, 5.41) is 4.65. The average Bonchev–Trinajstić information content (AvgIpc) is 3.04. The van der Waals surface area contributed by atoms with Gasteiger partial charge in [0.05, 0.1) is 22.6 Å². The maximum absolute atomic E-state index is 13.2. The Morgan fingerprint density at radius 1 is 1.07 bits per heavy atom. The fourth-order valence-corrected chi connectivity index (χ4v) is 2.96. The van der Waals surface area contributed by atoms with Crippen molar-refractivity contribution in [3.63, 3.8) is 0 Å². The number of halogens is 2. The molecule has 0 bridgehead atoms. The molecule has 0 N–H and O–H groups in total. The van der Waals surface area contributed by atoms with Gasteiger partial charge in [0.25, 0.3) is 0 Å². The zero-order chi connectivity index (χ0) is 18.6. The summed E-state index contributed by atoms with van der Waals surface area (Å²) >= 11 is 6.14. The Kier molecular flexibility index (Phi) is 4.85. The van der Waals surface area contributed by atoms with Crippen molar-refractivity contribution in [2.24, 2.45) is 5.16 Å². The molecule has 4 aromatic rings. The minimum absolute atomic E-state index is 0.173. The molecule has 0 aliphatic heterocycles. The van der Waals surface area contributed by atoms with Gasteiger partial charge in [-0.25, -0.2) is 9.37 Å². The molecule has 0 atom stereocenters. The normalized spacial score (nSPS) is 11.3. The van der Waals surface area contributed by atoms with Crippen LogP contribution in [0.15, 0.2) is 78.1 Å². The highest BCUT2D eigenvalue weighted by Gasteiger charge is 2.13. The minimum Gasteiger partial charge on any atom is -0.391 e. The number of benzene rings is 2. The molecule has 27 heavy (non-hydrogen) atoms. The first-order valence-corrected chi connectivity index (χ1v) is 8.71. The number of rotatable bonds is 5. The van der Waals surface area contributed by atoms with Crippen LogP contribution in [0.4, 0.5) is 4.39 Å². The Labute approximate surface area is 160 Å². The fourth-order valence-electron chi connectivity index (χ4n) is 2.79. The molecule has 2 aromatic carbocycles. The van der Waals surface area contributed by atoms with E-state index in [-0.39, 0.29) is 12.4 Å². The number of pyridine rings is 1. The van der Waals surface area contributed by atoms with Crippen LogP contribution < -0.4 is 0 Å². The first-order chi connectivity index (χ1) is 13.2. The number of oxime groups is 1. The minimum atomic E-state index is -0.303. The summed E-state index contributed by atoms with van der Waals surface area (Å²) < 4.78 is 15.1. The molecular weight excluding hydrogens is 365 g/mol. The summed E-state index contributed by atoms with van der Waals surface area (Å²) in [6.45, 7) is 0.173. The highest BCUT2D eigenvalue weighted by atomic mass is 35.5. The Balaban J connectivity index is 1.66. The predicted octanol–water partition coefficient (Wildman–Crippen LogP) is 5.34. The second-order valence-electron chi connectivity index (χ2n) is 5.93. The molecular formula is C21H15ClFN3O. The van der Waals surface area contributed by atoms with Crippen molar-refractivity contribution in [2.75, 3.05) is 0 Å². The highest BCUT2D eigenvalue weighted by molar-refractivity contribution is 6.30. The first kappa shape index (κ1) is 17.2. The van der Waals surface area contributed by atoms with Crippen LogP contribution in [0, 0.1) is 5.82 Å². The van der Waals surface area contributed by atoms with E-state index in [0.29, 0.717) is 10.6 Å². The van der Waals surface area contributed by atoms with Crippen LogP contribution >= 0.6 is 11.6 Å². The highest BCUT2D eigenvalue weighted by Crippen LogP contribution is 2.24. The maximum atomic E-state index is 13.2. The average molecular weight is 380 g/mol. The largest absolute Gasteiger partial charge is 0.391 e. The third-order valence-corrected chi connectivity index (χ3v) is 4.26. The van der Waals surface area contributed by atoms with E-state index in [1.54, 1.807) is 30.6 Å². The van der Waals surface area contributed by atoms with E-state index in [4.69, 9.17) is 16.4 Å². The molecule has 0 aliphatic rings. The molecule has 4 rings (SSSR count). The predicted molar refractivity (Wildman–Crippen MR) is 104 cm³/mol. The second-order valence-corrected chi connectivity index (χ2v) is 6.36. The van der Waals surface area contributed by atoms with Crippen LogP contribution in [-0.2, 0) is 11.4 Å². The standard InChI is InChI=1S/C21H15ClFN3O/c22-17-9-10-20-25-21(16-6-2-1-3-7-16)19(26(20)13-17)12-24-27-14-15-5-4-8-18(23)11-15/h1-13H,14H2/b24-12+. The number of imidazole rings is 1. The molecule has 2 aromatic heterocycles. The van der Waals surface area contributed by atoms with Gasteiger partial charge in [-0.1, -0.05) is 59.2 Å². The van der Waals surface area contributed by atoms with Crippen LogP contribution in [0.1, 0.15) is 11.3 Å². The fraction of sp³-hybridized carbons (Fsp3) is 0.0476. The van der Waals surface area contributed by atoms with Gasteiger partial charge in [-0.3, -0.25) is 4.40 Å². The quantitative estimate of drug-likeness (QED) is 0.346. The maximum Gasteiger partial charge on any atom is 0.142 e. The first-order valence-electron chi connectivity index (χ1n) is 8.33. The lowest BCUT2D eigenvalue weighted by molar-refractivity contribution is 0.132. The van der Waals surface area contributed by atoms with Crippen LogP contribution in [0.3, 0.4) is 0 Å². The van der Waals surface area contributed by atoms with Gasteiger partial charge >= 0.3 is 0 Å². The van der Waals surface area contributed by atoms with Crippen LogP contribution in [-0.4, -0.2) is 15.6 Å². The van der Waals surface area contributed by atoms with Gasteiger partial charge in [0.2, 0.25) is 0 Å². The Morgan fingerprint density at radius 2 is 1.93 bits per heavy atom. The molecule has 0 radical (unpaired) electrons. The molecule has 0 spiro atoms. The second kappa shape index (κ2) is 7.60. The van der Waals surface area contributed by atoms with Crippen molar-refractivity contribution >= 4 is 23.5 Å². The molecule has 0 fully saturated rings. The molecule has 0 saturated carbocycles. The molecule has 6 heteroatoms. The van der Waals surface area contributed by atoms with Crippen molar-refractivity contribution in [1.82, 2.24) is 9.38 Å². The number of fused-ring (bicyclic) bond motifs is 1. The zero-order valence-corrected chi connectivity index (χ0v) is 15.0. The Hall–Kier alpha value is -3.18. The van der Waals surface area contributed by atoms with Gasteiger partial charge in [-0.15, -0.1) is 0 Å². The number of hydrogen-bond acceptors (Lipinski definition) is 3. The molecule has 134 valence electrons.